The van der Waals surface area contributed by atoms with Crippen molar-refractivity contribution in [3.05, 3.63) is 28.8 Å². The molecule has 116 valence electrons. The lowest BCUT2D eigenvalue weighted by Gasteiger charge is -2.34. The second kappa shape index (κ2) is 6.86. The fourth-order valence-electron chi connectivity index (χ4n) is 3.24. The molecule has 2 heterocycles. The molecule has 0 aromatic heterocycles. The number of carbonyl (C=O) groups excluding carboxylic acids is 1. The van der Waals surface area contributed by atoms with E-state index in [1.807, 2.05) is 4.90 Å². The molecule has 0 spiro atoms. The van der Waals surface area contributed by atoms with Gasteiger partial charge in [0.15, 0.2) is 0 Å². The minimum absolute atomic E-state index is 0. The zero-order valence-electron chi connectivity index (χ0n) is 12.0. The number of amides is 1. The van der Waals surface area contributed by atoms with E-state index in [1.165, 1.54) is 0 Å². The standard InChI is InChI=1S/C15H19ClN2O2.ClH/c1-20-14-3-2-12(16)6-13(14)15(19)18-5-4-10-7-17-8-11(10)9-18;/h2-3,6,10-11,17H,4-5,7-9H2,1H3;1H. The molecule has 2 aliphatic rings. The van der Waals surface area contributed by atoms with Crippen LogP contribution >= 0.6 is 24.0 Å². The van der Waals surface area contributed by atoms with Crippen LogP contribution in [0, 0.1) is 11.8 Å². The van der Waals surface area contributed by atoms with Crippen molar-refractivity contribution in [2.45, 2.75) is 6.42 Å². The first kappa shape index (κ1) is 16.4. The molecule has 6 heteroatoms. The van der Waals surface area contributed by atoms with Crippen LogP contribution in [0.1, 0.15) is 16.8 Å². The number of carbonyl (C=O) groups is 1. The summed E-state index contributed by atoms with van der Waals surface area (Å²) in [5, 5.41) is 3.97. The van der Waals surface area contributed by atoms with Crippen LogP contribution in [0.4, 0.5) is 0 Å². The number of rotatable bonds is 2. The molecule has 1 aromatic carbocycles. The minimum atomic E-state index is 0. The lowest BCUT2D eigenvalue weighted by molar-refractivity contribution is 0.0639. The SMILES string of the molecule is COc1ccc(Cl)cc1C(=O)N1CCC2CNCC2C1.Cl. The first-order valence-corrected chi connectivity index (χ1v) is 7.40. The van der Waals surface area contributed by atoms with Crippen LogP contribution in [0.15, 0.2) is 18.2 Å². The van der Waals surface area contributed by atoms with Crippen molar-refractivity contribution in [1.29, 1.82) is 0 Å². The minimum Gasteiger partial charge on any atom is -0.496 e. The topological polar surface area (TPSA) is 41.6 Å². The fourth-order valence-corrected chi connectivity index (χ4v) is 3.41. The number of benzene rings is 1. The number of hydrogen-bond acceptors (Lipinski definition) is 3. The molecule has 3 rings (SSSR count). The number of hydrogen-bond donors (Lipinski definition) is 1. The second-order valence-corrected chi connectivity index (χ2v) is 6.00. The average Bonchev–Trinajstić information content (AvgIpc) is 2.93. The predicted molar refractivity (Wildman–Crippen MR) is 85.6 cm³/mol. The summed E-state index contributed by atoms with van der Waals surface area (Å²) in [5.41, 5.74) is 0.560. The van der Waals surface area contributed by atoms with E-state index in [1.54, 1.807) is 25.3 Å². The van der Waals surface area contributed by atoms with Crippen LogP contribution in [-0.2, 0) is 0 Å². The third-order valence-electron chi connectivity index (χ3n) is 4.38. The second-order valence-electron chi connectivity index (χ2n) is 5.56. The Morgan fingerprint density at radius 2 is 2.14 bits per heavy atom. The van der Waals surface area contributed by atoms with E-state index in [4.69, 9.17) is 16.3 Å². The van der Waals surface area contributed by atoms with Gasteiger partial charge in [0.25, 0.3) is 5.91 Å². The number of nitrogens with one attached hydrogen (secondary N) is 1. The number of halogens is 2. The lowest BCUT2D eigenvalue weighted by Crippen LogP contribution is -2.43. The zero-order valence-corrected chi connectivity index (χ0v) is 13.5. The van der Waals surface area contributed by atoms with Crippen molar-refractivity contribution in [1.82, 2.24) is 10.2 Å². The highest BCUT2D eigenvalue weighted by molar-refractivity contribution is 6.31. The Balaban J connectivity index is 0.00000161. The Morgan fingerprint density at radius 3 is 2.90 bits per heavy atom. The van der Waals surface area contributed by atoms with Gasteiger partial charge < -0.3 is 15.0 Å². The van der Waals surface area contributed by atoms with Gasteiger partial charge in [0, 0.05) is 18.1 Å². The molecular formula is C15H20Cl2N2O2. The number of ether oxygens (including phenoxy) is 1. The van der Waals surface area contributed by atoms with E-state index >= 15 is 0 Å². The Bertz CT molecular complexity index is 524. The molecule has 1 amide bonds. The van der Waals surface area contributed by atoms with Crippen LogP contribution in [0.2, 0.25) is 5.02 Å². The van der Waals surface area contributed by atoms with Crippen molar-refractivity contribution in [2.75, 3.05) is 33.3 Å². The molecule has 0 saturated carbocycles. The monoisotopic (exact) mass is 330 g/mol. The Morgan fingerprint density at radius 1 is 1.38 bits per heavy atom. The molecule has 0 aliphatic carbocycles. The Kier molecular flexibility index (Phi) is 5.36. The summed E-state index contributed by atoms with van der Waals surface area (Å²) in [4.78, 5) is 14.6. The maximum atomic E-state index is 12.7. The smallest absolute Gasteiger partial charge is 0.257 e. The van der Waals surface area contributed by atoms with Crippen LogP contribution in [0.5, 0.6) is 5.75 Å². The van der Waals surface area contributed by atoms with Crippen molar-refractivity contribution in [2.24, 2.45) is 11.8 Å². The molecule has 21 heavy (non-hydrogen) atoms. The molecule has 2 unspecified atom stereocenters. The lowest BCUT2D eigenvalue weighted by atomic mass is 9.88. The van der Waals surface area contributed by atoms with E-state index in [9.17, 15) is 4.79 Å². The number of likely N-dealkylation sites (tertiary alicyclic amines) is 1. The molecule has 2 saturated heterocycles. The Hall–Kier alpha value is -0.970. The van der Waals surface area contributed by atoms with E-state index in [-0.39, 0.29) is 18.3 Å². The molecule has 2 aliphatic heterocycles. The van der Waals surface area contributed by atoms with Crippen LogP contribution in [-0.4, -0.2) is 44.1 Å². The number of piperidine rings is 1. The third kappa shape index (κ3) is 3.28. The molecule has 0 radical (unpaired) electrons. The summed E-state index contributed by atoms with van der Waals surface area (Å²) in [7, 11) is 1.58. The number of fused-ring (bicyclic) bond motifs is 1. The van der Waals surface area contributed by atoms with Gasteiger partial charge in [-0.1, -0.05) is 11.6 Å². The highest BCUT2D eigenvalue weighted by atomic mass is 35.5. The Labute approximate surface area is 136 Å². The molecule has 2 atom stereocenters. The molecular weight excluding hydrogens is 311 g/mol. The van der Waals surface area contributed by atoms with Crippen molar-refractivity contribution >= 4 is 29.9 Å². The average molecular weight is 331 g/mol. The van der Waals surface area contributed by atoms with E-state index in [0.29, 0.717) is 22.3 Å². The predicted octanol–water partition coefficient (Wildman–Crippen LogP) is 2.45. The first-order chi connectivity index (χ1) is 9.69. The molecule has 0 bridgehead atoms. The summed E-state index contributed by atoms with van der Waals surface area (Å²) >= 11 is 6.01. The number of nitrogens with zero attached hydrogens (tertiary/aromatic N) is 1. The largest absolute Gasteiger partial charge is 0.496 e. The maximum Gasteiger partial charge on any atom is 0.257 e. The van der Waals surface area contributed by atoms with Crippen LogP contribution in [0.25, 0.3) is 0 Å². The van der Waals surface area contributed by atoms with Gasteiger partial charge in [-0.3, -0.25) is 4.79 Å². The number of methoxy groups -OCH3 is 1. The van der Waals surface area contributed by atoms with Crippen LogP contribution < -0.4 is 10.1 Å². The highest BCUT2D eigenvalue weighted by Gasteiger charge is 2.35. The van der Waals surface area contributed by atoms with E-state index in [2.05, 4.69) is 5.32 Å². The van der Waals surface area contributed by atoms with Gasteiger partial charge in [-0.2, -0.15) is 0 Å². The summed E-state index contributed by atoms with van der Waals surface area (Å²) in [5.74, 6) is 1.92. The summed E-state index contributed by atoms with van der Waals surface area (Å²) < 4.78 is 5.28. The summed E-state index contributed by atoms with van der Waals surface area (Å²) in [6.07, 6.45) is 1.08. The van der Waals surface area contributed by atoms with E-state index < -0.39 is 0 Å². The van der Waals surface area contributed by atoms with Gasteiger partial charge in [-0.15, -0.1) is 12.4 Å². The highest BCUT2D eigenvalue weighted by Crippen LogP contribution is 2.30. The molecule has 2 fully saturated rings. The molecule has 1 N–H and O–H groups in total. The van der Waals surface area contributed by atoms with E-state index in [0.717, 1.165) is 38.5 Å². The van der Waals surface area contributed by atoms with Gasteiger partial charge in [-0.05, 0) is 49.5 Å². The third-order valence-corrected chi connectivity index (χ3v) is 4.62. The van der Waals surface area contributed by atoms with Gasteiger partial charge in [0.2, 0.25) is 0 Å². The maximum absolute atomic E-state index is 12.7. The van der Waals surface area contributed by atoms with Crippen molar-refractivity contribution in [3.8, 4) is 5.75 Å². The summed E-state index contributed by atoms with van der Waals surface area (Å²) in [6.45, 7) is 3.75. The molecule has 4 nitrogen and oxygen atoms in total. The quantitative estimate of drug-likeness (QED) is 0.905. The van der Waals surface area contributed by atoms with Gasteiger partial charge in [0.1, 0.15) is 5.75 Å². The van der Waals surface area contributed by atoms with Crippen molar-refractivity contribution in [3.63, 3.8) is 0 Å². The molecule has 1 aromatic rings. The van der Waals surface area contributed by atoms with Crippen molar-refractivity contribution < 1.29 is 9.53 Å². The summed E-state index contributed by atoms with van der Waals surface area (Å²) in [6, 6.07) is 5.19. The first-order valence-electron chi connectivity index (χ1n) is 7.02. The normalized spacial score (nSPS) is 24.2. The van der Waals surface area contributed by atoms with Crippen LogP contribution in [0.3, 0.4) is 0 Å². The van der Waals surface area contributed by atoms with Gasteiger partial charge in [0.05, 0.1) is 12.7 Å². The zero-order chi connectivity index (χ0) is 14.1. The van der Waals surface area contributed by atoms with Gasteiger partial charge in [-0.25, -0.2) is 0 Å². The fraction of sp³-hybridized carbons (Fsp3) is 0.533. The van der Waals surface area contributed by atoms with Gasteiger partial charge >= 0.3 is 0 Å².